The lowest BCUT2D eigenvalue weighted by atomic mass is 11.8. The minimum absolute atomic E-state index is 0.750. The number of hydrogen-bond donors (Lipinski definition) is 1. The largest absolute Gasteiger partial charge is 0.185 e. The van der Waals surface area contributed by atoms with E-state index in [9.17, 15) is 0 Å². The first-order chi connectivity index (χ1) is 3.15. The van der Waals surface area contributed by atoms with Gasteiger partial charge in [0.2, 0.25) is 0 Å². The maximum atomic E-state index is 7.18. The molecule has 0 aromatic carbocycles. The molecule has 0 aromatic heterocycles. The third-order valence-electron chi connectivity index (χ3n) is 0. The highest BCUT2D eigenvalue weighted by atomic mass is 35.6. The quantitative estimate of drug-likeness (QED) is 0.344. The zero-order valence-electron chi connectivity index (χ0n) is 3.11. The molecule has 5 heteroatoms. The van der Waals surface area contributed by atoms with E-state index in [0.29, 0.717) is 0 Å². The molecule has 0 fully saturated rings. The van der Waals surface area contributed by atoms with Crippen molar-refractivity contribution in [1.29, 1.82) is 5.26 Å². The Hall–Kier alpha value is 0.710. The highest BCUT2D eigenvalue weighted by Crippen LogP contribution is 2.03. The minimum Gasteiger partial charge on any atom is -0.185 e. The van der Waals surface area contributed by atoms with Gasteiger partial charge in [0.1, 0.15) is 5.40 Å². The van der Waals surface area contributed by atoms with Gasteiger partial charge in [-0.15, -0.1) is 0 Å². The van der Waals surface area contributed by atoms with Gasteiger partial charge >= 0.3 is 0 Å². The molecule has 0 aliphatic carbocycles. The number of nitrogens with zero attached hydrogens (tertiary/aromatic N) is 1. The van der Waals surface area contributed by atoms with Crippen LogP contribution in [0.3, 0.4) is 0 Å². The van der Waals surface area contributed by atoms with Crippen molar-refractivity contribution in [2.45, 2.75) is 4.30 Å². The molecular formula is C2H2Cl3NS. The number of hydrogen-bond acceptors (Lipinski definition) is 2. The maximum Gasteiger partial charge on any atom is 0.180 e. The van der Waals surface area contributed by atoms with Gasteiger partial charge in [-0.2, -0.15) is 5.26 Å². The monoisotopic (exact) mass is 177 g/mol. The second-order valence-electron chi connectivity index (χ2n) is 0.347. The van der Waals surface area contributed by atoms with E-state index < -0.39 is 4.30 Å². The van der Waals surface area contributed by atoms with Crippen molar-refractivity contribution in [3.8, 4) is 5.40 Å². The van der Waals surface area contributed by atoms with Crippen LogP contribution in [0.15, 0.2) is 0 Å². The van der Waals surface area contributed by atoms with Gasteiger partial charge < -0.3 is 0 Å². The van der Waals surface area contributed by atoms with Crippen LogP contribution in [0.5, 0.6) is 0 Å². The van der Waals surface area contributed by atoms with Gasteiger partial charge in [-0.05, 0) is 0 Å². The van der Waals surface area contributed by atoms with Crippen LogP contribution in [0, 0.1) is 10.7 Å². The van der Waals surface area contributed by atoms with E-state index in [1.807, 2.05) is 0 Å². The standard InChI is InChI=1S/CHCl3.CHNS/c2-1(3)4;2-1-3/h1H;3H. The number of thiocyanates is 1. The van der Waals surface area contributed by atoms with Crippen LogP contribution in [0.1, 0.15) is 0 Å². The fraction of sp³-hybridized carbons (Fsp3) is 0.500. The summed E-state index contributed by atoms with van der Waals surface area (Å²) >= 11 is 17.5. The molecular weight excluding hydrogens is 176 g/mol. The second-order valence-corrected chi connectivity index (χ2v) is 2.53. The normalized spacial score (nSPS) is 6.29. The molecule has 0 heterocycles. The molecule has 0 radical (unpaired) electrons. The lowest BCUT2D eigenvalue weighted by Crippen LogP contribution is -1.55. The van der Waals surface area contributed by atoms with E-state index in [1.165, 1.54) is 5.40 Å². The zero-order valence-corrected chi connectivity index (χ0v) is 6.27. The molecule has 42 valence electrons. The first-order valence-corrected chi connectivity index (χ1v) is 2.86. The van der Waals surface area contributed by atoms with Crippen molar-refractivity contribution in [2.24, 2.45) is 0 Å². The van der Waals surface area contributed by atoms with Gasteiger partial charge in [0.15, 0.2) is 4.30 Å². The van der Waals surface area contributed by atoms with Crippen molar-refractivity contribution in [3.63, 3.8) is 0 Å². The molecule has 0 spiro atoms. The van der Waals surface area contributed by atoms with Crippen LogP contribution in [0.2, 0.25) is 0 Å². The summed E-state index contributed by atoms with van der Waals surface area (Å²) in [5, 5.41) is 8.63. The number of halogens is 3. The smallest absolute Gasteiger partial charge is 0.180 e. The van der Waals surface area contributed by atoms with Gasteiger partial charge in [0, 0.05) is 0 Å². The minimum atomic E-state index is -0.750. The average molecular weight is 178 g/mol. The Labute approximate surface area is 62.6 Å². The Kier molecular flexibility index (Phi) is 15.0. The topological polar surface area (TPSA) is 23.8 Å². The number of alkyl halides is 3. The Balaban J connectivity index is 0. The van der Waals surface area contributed by atoms with Crippen molar-refractivity contribution in [2.75, 3.05) is 0 Å². The van der Waals surface area contributed by atoms with Gasteiger partial charge in [-0.1, -0.05) is 47.4 Å². The molecule has 0 amide bonds. The van der Waals surface area contributed by atoms with E-state index in [2.05, 4.69) is 12.6 Å². The molecule has 7 heavy (non-hydrogen) atoms. The maximum absolute atomic E-state index is 7.18. The number of rotatable bonds is 0. The molecule has 0 N–H and O–H groups in total. The Bertz CT molecular complexity index is 55.7. The van der Waals surface area contributed by atoms with Gasteiger partial charge in [-0.3, -0.25) is 0 Å². The van der Waals surface area contributed by atoms with E-state index in [-0.39, 0.29) is 0 Å². The molecule has 1 nitrogen and oxygen atoms in total. The van der Waals surface area contributed by atoms with Gasteiger partial charge in [-0.25, -0.2) is 0 Å². The van der Waals surface area contributed by atoms with Gasteiger partial charge in [0.05, 0.1) is 0 Å². The van der Waals surface area contributed by atoms with E-state index in [0.717, 1.165) is 0 Å². The predicted octanol–water partition coefficient (Wildman–Crippen LogP) is 2.38. The highest BCUT2D eigenvalue weighted by molar-refractivity contribution is 7.85. The molecule has 0 unspecified atom stereocenters. The molecule has 0 aromatic rings. The van der Waals surface area contributed by atoms with E-state index in [4.69, 9.17) is 40.1 Å². The second kappa shape index (κ2) is 9.86. The van der Waals surface area contributed by atoms with Crippen molar-refractivity contribution >= 4 is 47.4 Å². The number of thiol groups is 1. The third kappa shape index (κ3) is 295. The predicted molar refractivity (Wildman–Crippen MR) is 35.9 cm³/mol. The van der Waals surface area contributed by atoms with Crippen LogP contribution in [0.4, 0.5) is 0 Å². The van der Waals surface area contributed by atoms with Crippen LogP contribution >= 0.6 is 47.4 Å². The fourth-order valence-corrected chi connectivity index (χ4v) is 0. The molecule has 0 atom stereocenters. The summed E-state index contributed by atoms with van der Waals surface area (Å²) in [6, 6.07) is 0. The first-order valence-electron chi connectivity index (χ1n) is 1.10. The molecule has 0 rings (SSSR count). The van der Waals surface area contributed by atoms with Crippen LogP contribution < -0.4 is 0 Å². The van der Waals surface area contributed by atoms with E-state index in [1.54, 1.807) is 0 Å². The van der Waals surface area contributed by atoms with Crippen molar-refractivity contribution in [3.05, 3.63) is 0 Å². The first kappa shape index (κ1) is 10.6. The average Bonchev–Trinajstić information content (AvgIpc) is 1.33. The highest BCUT2D eigenvalue weighted by Gasteiger charge is 1.78. The third-order valence-corrected chi connectivity index (χ3v) is 0. The molecule has 0 saturated heterocycles. The summed E-state index contributed by atoms with van der Waals surface area (Å²) in [7, 11) is 0. The molecule has 0 aliphatic rings. The van der Waals surface area contributed by atoms with Crippen molar-refractivity contribution < 1.29 is 0 Å². The van der Waals surface area contributed by atoms with Crippen LogP contribution in [-0.4, -0.2) is 4.30 Å². The summed E-state index contributed by atoms with van der Waals surface area (Å²) < 4.78 is -0.750. The Morgan fingerprint density at radius 3 is 1.43 bits per heavy atom. The molecule has 0 saturated carbocycles. The Morgan fingerprint density at radius 2 is 1.43 bits per heavy atom. The lowest BCUT2D eigenvalue weighted by molar-refractivity contribution is 1.57. The number of nitriles is 1. The van der Waals surface area contributed by atoms with Gasteiger partial charge in [0.25, 0.3) is 0 Å². The lowest BCUT2D eigenvalue weighted by Gasteiger charge is -1.69. The fourth-order valence-electron chi connectivity index (χ4n) is 0. The summed E-state index contributed by atoms with van der Waals surface area (Å²) in [6.45, 7) is 0. The van der Waals surface area contributed by atoms with Crippen molar-refractivity contribution in [1.82, 2.24) is 0 Å². The summed E-state index contributed by atoms with van der Waals surface area (Å²) in [6.07, 6.45) is 0. The Morgan fingerprint density at radius 1 is 1.43 bits per heavy atom. The summed E-state index contributed by atoms with van der Waals surface area (Å²) in [5.41, 5.74) is 0. The van der Waals surface area contributed by atoms with E-state index >= 15 is 0 Å². The molecule has 0 bridgehead atoms. The summed E-state index contributed by atoms with van der Waals surface area (Å²) in [4.78, 5) is 0. The van der Waals surface area contributed by atoms with Crippen LogP contribution in [-0.2, 0) is 0 Å². The molecule has 0 aliphatic heterocycles. The van der Waals surface area contributed by atoms with Crippen LogP contribution in [0.25, 0.3) is 0 Å². The summed E-state index contributed by atoms with van der Waals surface area (Å²) in [5.74, 6) is 0. The zero-order chi connectivity index (χ0) is 6.28. The SMILES string of the molecule is ClC(Cl)Cl.N#CS.